The third-order valence-corrected chi connectivity index (χ3v) is 6.99. The first kappa shape index (κ1) is 39.7. The molecule has 1 unspecified atom stereocenters. The topological polar surface area (TPSA) is 193 Å². The minimum absolute atomic E-state index is 0. The summed E-state index contributed by atoms with van der Waals surface area (Å²) in [4.78, 5) is 38.0. The maximum Gasteiger partial charge on any atom is 2.00 e. The molecule has 0 radical (unpaired) electrons. The summed E-state index contributed by atoms with van der Waals surface area (Å²) >= 11 is 0. The maximum atomic E-state index is 11.5. The van der Waals surface area contributed by atoms with E-state index in [1.54, 1.807) is 14.7 Å². The van der Waals surface area contributed by atoms with E-state index in [-0.39, 0.29) is 72.7 Å². The van der Waals surface area contributed by atoms with Crippen molar-refractivity contribution >= 4 is 27.9 Å². The van der Waals surface area contributed by atoms with Crippen LogP contribution in [0.25, 0.3) is 5.32 Å². The number of hydrogen-bond donors (Lipinski definition) is 4. The molecule has 1 fully saturated rings. The molecule has 1 aliphatic heterocycles. The van der Waals surface area contributed by atoms with E-state index in [1.165, 1.54) is 4.31 Å². The second-order valence-electron chi connectivity index (χ2n) is 9.38. The summed E-state index contributed by atoms with van der Waals surface area (Å²) in [5, 5.41) is 40.3. The van der Waals surface area contributed by atoms with Crippen molar-refractivity contribution in [2.24, 2.45) is 0 Å². The number of benzene rings is 1. The van der Waals surface area contributed by atoms with Crippen LogP contribution in [-0.2, 0) is 31.0 Å². The summed E-state index contributed by atoms with van der Waals surface area (Å²) in [6.07, 6.45) is 0.205. The molecule has 0 saturated carbocycles. The second kappa shape index (κ2) is 21.4. The summed E-state index contributed by atoms with van der Waals surface area (Å²) < 4.78 is 24.1. The zero-order valence-electron chi connectivity index (χ0n) is 23.2. The van der Waals surface area contributed by atoms with Gasteiger partial charge in [-0.3, -0.25) is 29.1 Å². The number of aliphatic hydroxyl groups is 1. The Labute approximate surface area is 274 Å². The fraction of sp³-hybridized carbons (Fsp3) is 0.600. The molecule has 1 aromatic carbocycles. The van der Waals surface area contributed by atoms with Gasteiger partial charge in [0.2, 0.25) is 10.0 Å². The quantitative estimate of drug-likeness (QED) is 0.206. The number of rotatable bonds is 11. The molecular formula is C25H41GdN5O9S. The molecule has 0 spiro atoms. The second-order valence-corrected chi connectivity index (χ2v) is 11.4. The Morgan fingerprint density at radius 1 is 0.854 bits per heavy atom. The van der Waals surface area contributed by atoms with Crippen LogP contribution < -0.4 is 0 Å². The Kier molecular flexibility index (Phi) is 20.7. The van der Waals surface area contributed by atoms with Gasteiger partial charge in [-0.2, -0.15) is 4.31 Å². The van der Waals surface area contributed by atoms with E-state index in [9.17, 15) is 22.8 Å². The van der Waals surface area contributed by atoms with Crippen molar-refractivity contribution in [1.29, 1.82) is 0 Å². The molecule has 1 atom stereocenters. The van der Waals surface area contributed by atoms with Gasteiger partial charge in [0.15, 0.2) is 0 Å². The summed E-state index contributed by atoms with van der Waals surface area (Å²) in [6.45, 7) is 6.81. The summed E-state index contributed by atoms with van der Waals surface area (Å²) in [7, 11) is -3.32. The molecule has 1 heterocycles. The fourth-order valence-electron chi connectivity index (χ4n) is 3.82. The van der Waals surface area contributed by atoms with E-state index in [1.807, 2.05) is 30.3 Å². The van der Waals surface area contributed by atoms with Crippen LogP contribution in [-0.4, -0.2) is 157 Å². The molecule has 41 heavy (non-hydrogen) atoms. The van der Waals surface area contributed by atoms with Gasteiger partial charge in [-0.25, -0.2) is 8.42 Å². The molecule has 0 aliphatic carbocycles. The van der Waals surface area contributed by atoms with Crippen molar-refractivity contribution in [3.05, 3.63) is 48.1 Å². The largest absolute Gasteiger partial charge is 2.00 e. The predicted octanol–water partition coefficient (Wildman–Crippen LogP) is -0.823. The van der Waals surface area contributed by atoms with Crippen molar-refractivity contribution in [2.45, 2.75) is 12.6 Å². The third kappa shape index (κ3) is 20.2. The van der Waals surface area contributed by atoms with Gasteiger partial charge in [0.05, 0.1) is 25.9 Å². The van der Waals surface area contributed by atoms with E-state index in [4.69, 9.17) is 20.4 Å². The standard InChI is InChI=1S/C14H25N4O6.C11H16NO3S.Gd/c19-12(20)9-16-3-1-15-2-4-17(10-13(21)22)6-8-18(7-5-16)11-14(23)24;1-10(13)8-12(16(2,14)15)9-11-6-4-3-5-7-11;/h1-11H2,(H,19,20)(H,21,22)(H,23,24);3-7,10,13H,1,8-9H2,2H3;/q2*-1;+2. The molecule has 1 saturated heterocycles. The number of aliphatic hydroxyl groups excluding tert-OH is 1. The van der Waals surface area contributed by atoms with Crippen LogP contribution in [0.2, 0.25) is 0 Å². The molecule has 4 N–H and O–H groups in total. The molecule has 14 nitrogen and oxygen atoms in total. The Balaban J connectivity index is 0.000000821. The maximum absolute atomic E-state index is 11.5. The van der Waals surface area contributed by atoms with Crippen LogP contribution in [0, 0.1) is 46.9 Å². The average molecular weight is 745 g/mol. The molecule has 1 aliphatic rings. The number of carbonyl (C=O) groups is 3. The molecule has 0 aromatic heterocycles. The number of sulfonamides is 1. The third-order valence-electron chi connectivity index (χ3n) is 5.78. The monoisotopic (exact) mass is 745 g/mol. The normalized spacial score (nSPS) is 17.2. The van der Waals surface area contributed by atoms with Crippen molar-refractivity contribution in [1.82, 2.24) is 19.0 Å². The minimum atomic E-state index is -3.32. The van der Waals surface area contributed by atoms with E-state index in [0.29, 0.717) is 52.4 Å². The van der Waals surface area contributed by atoms with Crippen molar-refractivity contribution < 1.29 is 83.2 Å². The smallest absolute Gasteiger partial charge is 0.660 e. The van der Waals surface area contributed by atoms with E-state index >= 15 is 0 Å². The van der Waals surface area contributed by atoms with Crippen LogP contribution in [0.5, 0.6) is 0 Å². The molecule has 16 heteroatoms. The van der Waals surface area contributed by atoms with E-state index < -0.39 is 34.0 Å². The molecule has 1 aromatic rings. The number of aliphatic carboxylic acids is 3. The van der Waals surface area contributed by atoms with Crippen LogP contribution in [0.15, 0.2) is 30.3 Å². The summed E-state index contributed by atoms with van der Waals surface area (Å²) in [6, 6.07) is 9.23. The molecular weight excluding hydrogens is 704 g/mol. The SMILES string of the molecule is O=C(O)CN1CC[N-]CCN(CC(=O)O)CCN(CC(=O)O)CC1.[CH2-]C(O)CN(Cc1ccccc1)S(C)(=O)=O.[Gd+2]. The zero-order chi connectivity index (χ0) is 30.1. The Bertz CT molecular complexity index is 988. The van der Waals surface area contributed by atoms with Crippen LogP contribution in [0.3, 0.4) is 0 Å². The van der Waals surface area contributed by atoms with Crippen molar-refractivity contribution in [3.63, 3.8) is 0 Å². The molecule has 0 bridgehead atoms. The Morgan fingerprint density at radius 2 is 1.24 bits per heavy atom. The number of carboxylic acids is 3. The first-order valence-electron chi connectivity index (χ1n) is 12.7. The first-order valence-corrected chi connectivity index (χ1v) is 14.6. The van der Waals surface area contributed by atoms with Gasteiger partial charge in [-0.05, 0) is 18.7 Å². The summed E-state index contributed by atoms with van der Waals surface area (Å²) in [5.74, 6) is -2.83. The zero-order valence-corrected chi connectivity index (χ0v) is 26.3. The Morgan fingerprint density at radius 3 is 1.59 bits per heavy atom. The first-order chi connectivity index (χ1) is 18.8. The van der Waals surface area contributed by atoms with Crippen LogP contribution in [0.4, 0.5) is 0 Å². The molecule has 234 valence electrons. The fourth-order valence-corrected chi connectivity index (χ4v) is 4.65. The Hall–Kier alpha value is -1.34. The molecule has 0 amide bonds. The van der Waals surface area contributed by atoms with Gasteiger partial charge in [0.25, 0.3) is 0 Å². The van der Waals surface area contributed by atoms with Gasteiger partial charge >= 0.3 is 57.8 Å². The van der Waals surface area contributed by atoms with Gasteiger partial charge in [-0.1, -0.05) is 36.4 Å². The minimum Gasteiger partial charge on any atom is -0.660 e. The average Bonchev–Trinajstić information content (AvgIpc) is 2.83. The number of carboxylic acid groups (broad SMARTS) is 3. The summed E-state index contributed by atoms with van der Waals surface area (Å²) in [5.41, 5.74) is 0.883. The van der Waals surface area contributed by atoms with Gasteiger partial charge < -0.3 is 32.7 Å². The van der Waals surface area contributed by atoms with Gasteiger partial charge in [0.1, 0.15) is 0 Å². The van der Waals surface area contributed by atoms with E-state index in [0.717, 1.165) is 11.8 Å². The van der Waals surface area contributed by atoms with E-state index in [2.05, 4.69) is 12.2 Å². The number of hydrogen-bond acceptors (Lipinski definition) is 9. The predicted molar refractivity (Wildman–Crippen MR) is 148 cm³/mol. The van der Waals surface area contributed by atoms with Crippen LogP contribution >= 0.6 is 0 Å². The van der Waals surface area contributed by atoms with Crippen molar-refractivity contribution in [2.75, 3.05) is 84.8 Å². The number of nitrogens with zero attached hydrogens (tertiary/aromatic N) is 5. The van der Waals surface area contributed by atoms with Gasteiger partial charge in [0, 0.05) is 39.3 Å². The van der Waals surface area contributed by atoms with Gasteiger partial charge in [-0.15, -0.1) is 13.1 Å². The van der Waals surface area contributed by atoms with Crippen LogP contribution in [0.1, 0.15) is 5.56 Å². The van der Waals surface area contributed by atoms with Crippen molar-refractivity contribution in [3.8, 4) is 0 Å². The molecule has 2 rings (SSSR count).